The molecule has 170 valence electrons. The minimum atomic E-state index is -0.0483. The molecule has 1 heterocycles. The Labute approximate surface area is 203 Å². The number of para-hydroxylation sites is 1. The molecule has 1 N–H and O–H groups in total. The van der Waals surface area contributed by atoms with Gasteiger partial charge in [-0.05, 0) is 48.7 Å². The minimum absolute atomic E-state index is 0.0135. The van der Waals surface area contributed by atoms with Gasteiger partial charge in [0, 0.05) is 48.4 Å². The molecular formula is C27H28BrN3O2. The Morgan fingerprint density at radius 2 is 1.67 bits per heavy atom. The van der Waals surface area contributed by atoms with Crippen LogP contribution in [0.15, 0.2) is 83.3 Å². The zero-order valence-electron chi connectivity index (χ0n) is 18.7. The van der Waals surface area contributed by atoms with E-state index in [1.807, 2.05) is 85.9 Å². The molecule has 0 bridgehead atoms. The van der Waals surface area contributed by atoms with E-state index < -0.39 is 0 Å². The summed E-state index contributed by atoms with van der Waals surface area (Å²) in [7, 11) is 1.84. The Morgan fingerprint density at radius 3 is 2.39 bits per heavy atom. The summed E-state index contributed by atoms with van der Waals surface area (Å²) in [4.78, 5) is 29.9. The van der Waals surface area contributed by atoms with Gasteiger partial charge >= 0.3 is 0 Å². The molecule has 0 unspecified atom stereocenters. The maximum Gasteiger partial charge on any atom is 0.256 e. The van der Waals surface area contributed by atoms with Crippen LogP contribution in [0.4, 0.5) is 5.69 Å². The highest BCUT2D eigenvalue weighted by atomic mass is 79.9. The summed E-state index contributed by atoms with van der Waals surface area (Å²) in [6, 6.07) is 25.4. The highest BCUT2D eigenvalue weighted by Crippen LogP contribution is 2.26. The van der Waals surface area contributed by atoms with Crippen molar-refractivity contribution >= 4 is 33.4 Å². The molecule has 6 heteroatoms. The Balaban J connectivity index is 1.39. The summed E-state index contributed by atoms with van der Waals surface area (Å²) < 4.78 is 0.892. The van der Waals surface area contributed by atoms with Crippen molar-refractivity contribution in [3.63, 3.8) is 0 Å². The van der Waals surface area contributed by atoms with Gasteiger partial charge in [-0.2, -0.15) is 0 Å². The van der Waals surface area contributed by atoms with Gasteiger partial charge in [-0.3, -0.25) is 9.59 Å². The van der Waals surface area contributed by atoms with Gasteiger partial charge < -0.3 is 15.1 Å². The normalized spacial score (nSPS) is 14.1. The van der Waals surface area contributed by atoms with Crippen molar-refractivity contribution in [2.75, 3.05) is 25.0 Å². The van der Waals surface area contributed by atoms with Crippen LogP contribution in [-0.2, 0) is 6.54 Å². The lowest BCUT2D eigenvalue weighted by molar-refractivity contribution is 0.0785. The summed E-state index contributed by atoms with van der Waals surface area (Å²) >= 11 is 3.42. The second kappa shape index (κ2) is 10.7. The molecule has 1 aliphatic heterocycles. The zero-order chi connectivity index (χ0) is 23.2. The predicted octanol–water partition coefficient (Wildman–Crippen LogP) is 5.12. The highest BCUT2D eigenvalue weighted by molar-refractivity contribution is 9.10. The predicted molar refractivity (Wildman–Crippen MR) is 136 cm³/mol. The number of nitrogens with one attached hydrogen (secondary N) is 1. The van der Waals surface area contributed by atoms with Crippen LogP contribution in [0, 0.1) is 0 Å². The Hall–Kier alpha value is -3.12. The van der Waals surface area contributed by atoms with Crippen LogP contribution in [0.3, 0.4) is 0 Å². The first-order valence-corrected chi connectivity index (χ1v) is 12.0. The molecule has 5 nitrogen and oxygen atoms in total. The third kappa shape index (κ3) is 5.82. The number of anilines is 1. The first kappa shape index (κ1) is 23.1. The minimum Gasteiger partial charge on any atom is -0.371 e. The number of nitrogens with zero attached hydrogens (tertiary/aromatic N) is 2. The van der Waals surface area contributed by atoms with Gasteiger partial charge in [0.15, 0.2) is 0 Å². The van der Waals surface area contributed by atoms with Gasteiger partial charge in [0.1, 0.15) is 0 Å². The Bertz CT molecular complexity index is 1110. The number of piperidine rings is 1. The van der Waals surface area contributed by atoms with E-state index in [9.17, 15) is 9.59 Å². The maximum atomic E-state index is 13.2. The molecule has 3 aromatic carbocycles. The zero-order valence-corrected chi connectivity index (χ0v) is 20.3. The fourth-order valence-corrected chi connectivity index (χ4v) is 4.63. The van der Waals surface area contributed by atoms with Crippen molar-refractivity contribution in [3.8, 4) is 0 Å². The van der Waals surface area contributed by atoms with E-state index in [-0.39, 0.29) is 17.9 Å². The van der Waals surface area contributed by atoms with Crippen molar-refractivity contribution < 1.29 is 9.59 Å². The van der Waals surface area contributed by atoms with E-state index in [1.54, 1.807) is 4.90 Å². The van der Waals surface area contributed by atoms with Crippen LogP contribution in [0.1, 0.15) is 39.1 Å². The number of rotatable bonds is 6. The molecule has 1 fully saturated rings. The first-order chi connectivity index (χ1) is 16.0. The fourth-order valence-electron chi connectivity index (χ4n) is 4.23. The second-order valence-corrected chi connectivity index (χ2v) is 9.32. The van der Waals surface area contributed by atoms with Gasteiger partial charge in [0.05, 0.1) is 5.56 Å². The quantitative estimate of drug-likeness (QED) is 0.505. The number of hydrogen-bond acceptors (Lipinski definition) is 3. The van der Waals surface area contributed by atoms with E-state index in [2.05, 4.69) is 26.1 Å². The number of amides is 2. The van der Waals surface area contributed by atoms with Crippen molar-refractivity contribution in [1.82, 2.24) is 10.2 Å². The summed E-state index contributed by atoms with van der Waals surface area (Å²) in [6.07, 6.45) is 1.67. The van der Waals surface area contributed by atoms with Crippen LogP contribution >= 0.6 is 15.9 Å². The molecule has 1 saturated heterocycles. The van der Waals surface area contributed by atoms with Gasteiger partial charge in [-0.15, -0.1) is 0 Å². The highest BCUT2D eigenvalue weighted by Gasteiger charge is 2.25. The van der Waals surface area contributed by atoms with Gasteiger partial charge in [0.2, 0.25) is 0 Å². The van der Waals surface area contributed by atoms with Gasteiger partial charge in [-0.25, -0.2) is 0 Å². The lowest BCUT2D eigenvalue weighted by Gasteiger charge is -2.35. The van der Waals surface area contributed by atoms with E-state index in [0.717, 1.165) is 41.7 Å². The van der Waals surface area contributed by atoms with Crippen LogP contribution in [-0.4, -0.2) is 42.9 Å². The molecule has 0 aromatic heterocycles. The largest absolute Gasteiger partial charge is 0.371 e. The molecule has 0 atom stereocenters. The lowest BCUT2D eigenvalue weighted by atomic mass is 10.0. The van der Waals surface area contributed by atoms with E-state index in [0.29, 0.717) is 17.7 Å². The lowest BCUT2D eigenvalue weighted by Crippen LogP contribution is -2.45. The molecular weight excluding hydrogens is 478 g/mol. The molecule has 4 rings (SSSR count). The van der Waals surface area contributed by atoms with Crippen molar-refractivity contribution in [1.29, 1.82) is 0 Å². The third-order valence-corrected chi connectivity index (χ3v) is 6.49. The molecule has 3 aromatic rings. The van der Waals surface area contributed by atoms with Crippen molar-refractivity contribution in [2.45, 2.75) is 25.4 Å². The average Bonchev–Trinajstić information content (AvgIpc) is 2.84. The van der Waals surface area contributed by atoms with Gasteiger partial charge in [-0.1, -0.05) is 64.5 Å². The molecule has 1 aliphatic rings. The van der Waals surface area contributed by atoms with Crippen LogP contribution in [0.5, 0.6) is 0 Å². The second-order valence-electron chi connectivity index (χ2n) is 8.41. The van der Waals surface area contributed by atoms with Crippen LogP contribution in [0.2, 0.25) is 0 Å². The number of hydrogen-bond donors (Lipinski definition) is 1. The summed E-state index contributed by atoms with van der Waals surface area (Å²) in [5.74, 6) is -0.0348. The summed E-state index contributed by atoms with van der Waals surface area (Å²) in [6.45, 7) is 2.14. The van der Waals surface area contributed by atoms with E-state index >= 15 is 0 Å². The first-order valence-electron chi connectivity index (χ1n) is 11.2. The summed E-state index contributed by atoms with van der Waals surface area (Å²) in [5, 5.41) is 3.16. The monoisotopic (exact) mass is 505 g/mol. The summed E-state index contributed by atoms with van der Waals surface area (Å²) in [5.41, 5.74) is 3.43. The molecule has 33 heavy (non-hydrogen) atoms. The number of carbonyl (C=O) groups is 2. The van der Waals surface area contributed by atoms with Crippen molar-refractivity contribution in [2.24, 2.45) is 0 Å². The van der Waals surface area contributed by atoms with E-state index in [1.165, 1.54) is 0 Å². The van der Waals surface area contributed by atoms with Gasteiger partial charge in [0.25, 0.3) is 11.8 Å². The molecule has 0 radical (unpaired) electrons. The smallest absolute Gasteiger partial charge is 0.256 e. The SMILES string of the molecule is CN(Cc1ccccc1)C(=O)c1ccccc1N1CCC(NC(=O)c2cccc(Br)c2)CC1. The fraction of sp³-hybridized carbons (Fsp3) is 0.259. The maximum absolute atomic E-state index is 13.2. The molecule has 0 aliphatic carbocycles. The van der Waals surface area contributed by atoms with Crippen molar-refractivity contribution in [3.05, 3.63) is 100 Å². The third-order valence-electron chi connectivity index (χ3n) is 6.00. The Morgan fingerprint density at radius 1 is 0.970 bits per heavy atom. The number of halogens is 1. The topological polar surface area (TPSA) is 52.7 Å². The number of carbonyl (C=O) groups excluding carboxylic acids is 2. The number of benzene rings is 3. The standard InChI is InChI=1S/C27H28BrN3O2/c1-30(19-20-8-3-2-4-9-20)27(33)24-12-5-6-13-25(24)31-16-14-23(15-17-31)29-26(32)21-10-7-11-22(28)18-21/h2-13,18,23H,14-17,19H2,1H3,(H,29,32). The molecule has 0 saturated carbocycles. The van der Waals surface area contributed by atoms with Crippen LogP contribution < -0.4 is 10.2 Å². The Kier molecular flexibility index (Phi) is 7.45. The van der Waals surface area contributed by atoms with Crippen LogP contribution in [0.25, 0.3) is 0 Å². The molecule has 2 amide bonds. The van der Waals surface area contributed by atoms with E-state index in [4.69, 9.17) is 0 Å². The molecule has 0 spiro atoms. The average molecular weight is 506 g/mol.